The molecular weight excluding hydrogens is 379 g/mol. The van der Waals surface area contributed by atoms with E-state index in [4.69, 9.17) is 11.6 Å². The third-order valence-corrected chi connectivity index (χ3v) is 3.10. The van der Waals surface area contributed by atoms with E-state index in [9.17, 15) is 4.79 Å². The number of carbonyl (C=O) groups excluding carboxylic acids is 1. The Kier molecular flexibility index (Phi) is 4.65. The molecule has 0 bridgehead atoms. The summed E-state index contributed by atoms with van der Waals surface area (Å²) < 4.78 is 0.552. The highest BCUT2D eigenvalue weighted by Crippen LogP contribution is 2.14. The molecule has 1 heterocycles. The molecule has 0 saturated carbocycles. The number of rotatable bonds is 4. The molecule has 2 rings (SSSR count). The summed E-state index contributed by atoms with van der Waals surface area (Å²) in [4.78, 5) is 24.6. The number of carbonyl (C=O) groups is 1. The van der Waals surface area contributed by atoms with Gasteiger partial charge in [-0.1, -0.05) is 24.3 Å². The van der Waals surface area contributed by atoms with Gasteiger partial charge in [0.15, 0.2) is 3.83 Å². The maximum absolute atomic E-state index is 10.6. The Morgan fingerprint density at radius 1 is 1.26 bits per heavy atom. The molecule has 2 aromatic rings. The quantitative estimate of drug-likeness (QED) is 0.595. The smallest absolute Gasteiger partial charge is 0.230 e. The van der Waals surface area contributed by atoms with Gasteiger partial charge in [-0.15, -0.1) is 0 Å². The van der Waals surface area contributed by atoms with Gasteiger partial charge >= 0.3 is 0 Å². The van der Waals surface area contributed by atoms with E-state index in [0.29, 0.717) is 21.9 Å². The highest BCUT2D eigenvalue weighted by Gasteiger charge is 2.08. The van der Waals surface area contributed by atoms with Crippen molar-refractivity contribution < 1.29 is 4.79 Å². The van der Waals surface area contributed by atoms with Crippen molar-refractivity contribution in [3.8, 4) is 0 Å². The summed E-state index contributed by atoms with van der Waals surface area (Å²) in [7, 11) is 1.87. The van der Waals surface area contributed by atoms with Crippen molar-refractivity contribution in [3.63, 3.8) is 0 Å². The normalized spacial score (nSPS) is 10.3. The van der Waals surface area contributed by atoms with E-state index >= 15 is 0 Å². The Hall–Kier alpha value is -1.28. The molecule has 7 heteroatoms. The van der Waals surface area contributed by atoms with Crippen LogP contribution < -0.4 is 4.90 Å². The fraction of sp³-hybridized carbons (Fsp3) is 0.167. The van der Waals surface area contributed by atoms with Gasteiger partial charge in [0.25, 0.3) is 0 Å². The third-order valence-electron chi connectivity index (χ3n) is 2.45. The van der Waals surface area contributed by atoms with E-state index in [2.05, 4.69) is 15.0 Å². The van der Waals surface area contributed by atoms with Gasteiger partial charge in [-0.2, -0.15) is 15.0 Å². The fourth-order valence-electron chi connectivity index (χ4n) is 1.53. The summed E-state index contributed by atoms with van der Waals surface area (Å²) in [5, 5.41) is 0.178. The lowest BCUT2D eigenvalue weighted by molar-refractivity contribution is 0.112. The largest absolute Gasteiger partial charge is 0.339 e. The van der Waals surface area contributed by atoms with Crippen molar-refractivity contribution in [2.45, 2.75) is 6.54 Å². The lowest BCUT2D eigenvalue weighted by Gasteiger charge is -2.17. The van der Waals surface area contributed by atoms with Crippen molar-refractivity contribution in [3.05, 3.63) is 44.5 Å². The number of hydrogen-bond donors (Lipinski definition) is 0. The first-order valence-electron chi connectivity index (χ1n) is 5.41. The summed E-state index contributed by atoms with van der Waals surface area (Å²) in [5.74, 6) is 0.517. The zero-order valence-corrected chi connectivity index (χ0v) is 13.0. The molecular formula is C12H10ClIN4O. The highest BCUT2D eigenvalue weighted by molar-refractivity contribution is 14.1. The average Bonchev–Trinajstić information content (AvgIpc) is 2.38. The zero-order valence-electron chi connectivity index (χ0n) is 10.0. The average molecular weight is 389 g/mol. The molecule has 0 radical (unpaired) electrons. The molecule has 0 fully saturated rings. The van der Waals surface area contributed by atoms with Crippen LogP contribution in [0.15, 0.2) is 24.3 Å². The van der Waals surface area contributed by atoms with E-state index in [1.807, 2.05) is 46.7 Å². The van der Waals surface area contributed by atoms with Crippen LogP contribution in [0.5, 0.6) is 0 Å². The van der Waals surface area contributed by atoms with Gasteiger partial charge in [0, 0.05) is 41.7 Å². The third kappa shape index (κ3) is 3.84. The SMILES string of the molecule is CN(Cc1ccc(C=O)cc1)c1nc(Cl)nc(I)n1. The standard InChI is InChI=1S/C12H10ClIN4O/c1-18(12-16-10(13)15-11(14)17-12)6-8-2-4-9(7-19)5-3-8/h2-5,7H,6H2,1H3. The summed E-state index contributed by atoms with van der Waals surface area (Å²) >= 11 is 7.80. The summed E-state index contributed by atoms with van der Waals surface area (Å²) in [6, 6.07) is 7.35. The highest BCUT2D eigenvalue weighted by atomic mass is 127. The van der Waals surface area contributed by atoms with Crippen molar-refractivity contribution in [2.75, 3.05) is 11.9 Å². The minimum Gasteiger partial charge on any atom is -0.339 e. The molecule has 0 unspecified atom stereocenters. The van der Waals surface area contributed by atoms with Crippen LogP contribution in [0, 0.1) is 3.83 Å². The predicted octanol–water partition coefficient (Wildman–Crippen LogP) is 2.58. The maximum Gasteiger partial charge on any atom is 0.230 e. The monoisotopic (exact) mass is 388 g/mol. The van der Waals surface area contributed by atoms with Crippen molar-refractivity contribution in [1.82, 2.24) is 15.0 Å². The molecule has 0 aliphatic rings. The number of nitrogens with zero attached hydrogens (tertiary/aromatic N) is 4. The van der Waals surface area contributed by atoms with Gasteiger partial charge in [0.1, 0.15) is 6.29 Å². The van der Waals surface area contributed by atoms with Crippen LogP contribution in [-0.4, -0.2) is 28.3 Å². The molecule has 5 nitrogen and oxygen atoms in total. The van der Waals surface area contributed by atoms with Gasteiger partial charge in [-0.3, -0.25) is 4.79 Å². The summed E-state index contributed by atoms with van der Waals surface area (Å²) in [5.41, 5.74) is 1.71. The molecule has 0 aliphatic carbocycles. The van der Waals surface area contributed by atoms with Gasteiger partial charge < -0.3 is 4.90 Å². The minimum atomic E-state index is 0.178. The predicted molar refractivity (Wildman–Crippen MR) is 81.5 cm³/mol. The fourth-order valence-corrected chi connectivity index (χ4v) is 2.28. The van der Waals surface area contributed by atoms with E-state index < -0.39 is 0 Å². The summed E-state index contributed by atoms with van der Waals surface area (Å²) in [6.45, 7) is 0.621. The number of halogens is 2. The lowest BCUT2D eigenvalue weighted by atomic mass is 10.1. The van der Waals surface area contributed by atoms with E-state index in [0.717, 1.165) is 11.8 Å². The number of hydrogen-bond acceptors (Lipinski definition) is 5. The second kappa shape index (κ2) is 6.25. The van der Waals surface area contributed by atoms with Crippen molar-refractivity contribution in [1.29, 1.82) is 0 Å². The van der Waals surface area contributed by atoms with Gasteiger partial charge in [-0.25, -0.2) is 0 Å². The number of aldehydes is 1. The second-order valence-electron chi connectivity index (χ2n) is 3.89. The van der Waals surface area contributed by atoms with Crippen molar-refractivity contribution in [2.24, 2.45) is 0 Å². The molecule has 0 N–H and O–H groups in total. The van der Waals surface area contributed by atoms with Crippen LogP contribution in [0.4, 0.5) is 5.95 Å². The lowest BCUT2D eigenvalue weighted by Crippen LogP contribution is -2.20. The molecule has 0 spiro atoms. The topological polar surface area (TPSA) is 59.0 Å². The van der Waals surface area contributed by atoms with E-state index in [1.165, 1.54) is 0 Å². The van der Waals surface area contributed by atoms with Gasteiger partial charge in [0.2, 0.25) is 11.2 Å². The summed E-state index contributed by atoms with van der Waals surface area (Å²) in [6.07, 6.45) is 0.821. The molecule has 0 atom stereocenters. The Labute approximate surface area is 129 Å². The molecule has 98 valence electrons. The van der Waals surface area contributed by atoms with E-state index in [-0.39, 0.29) is 5.28 Å². The van der Waals surface area contributed by atoms with Crippen LogP contribution in [0.25, 0.3) is 0 Å². The van der Waals surface area contributed by atoms with Gasteiger partial charge in [-0.05, 0) is 17.2 Å². The molecule has 1 aromatic carbocycles. The Bertz CT molecular complexity index is 571. The molecule has 19 heavy (non-hydrogen) atoms. The first-order chi connectivity index (χ1) is 9.08. The molecule has 0 aliphatic heterocycles. The van der Waals surface area contributed by atoms with Crippen LogP contribution in [0.2, 0.25) is 5.28 Å². The first-order valence-corrected chi connectivity index (χ1v) is 6.86. The van der Waals surface area contributed by atoms with Crippen LogP contribution in [0.3, 0.4) is 0 Å². The van der Waals surface area contributed by atoms with Crippen LogP contribution in [-0.2, 0) is 6.54 Å². The minimum absolute atomic E-state index is 0.178. The number of anilines is 1. The number of benzene rings is 1. The van der Waals surface area contributed by atoms with Gasteiger partial charge in [0.05, 0.1) is 0 Å². The number of aromatic nitrogens is 3. The molecule has 0 saturated heterocycles. The Morgan fingerprint density at radius 3 is 2.53 bits per heavy atom. The second-order valence-corrected chi connectivity index (χ2v) is 5.19. The van der Waals surface area contributed by atoms with Crippen LogP contribution in [0.1, 0.15) is 15.9 Å². The molecule has 1 aromatic heterocycles. The van der Waals surface area contributed by atoms with E-state index in [1.54, 1.807) is 12.1 Å². The zero-order chi connectivity index (χ0) is 13.8. The molecule has 0 amide bonds. The van der Waals surface area contributed by atoms with Crippen molar-refractivity contribution >= 4 is 46.4 Å². The Morgan fingerprint density at radius 2 is 1.95 bits per heavy atom. The van der Waals surface area contributed by atoms with Crippen LogP contribution >= 0.6 is 34.2 Å². The maximum atomic E-state index is 10.6. The first kappa shape index (κ1) is 14.1. The Balaban J connectivity index is 2.15.